The zero-order chi connectivity index (χ0) is 11.4. The normalized spacial score (nSPS) is 13.0. The summed E-state index contributed by atoms with van der Waals surface area (Å²) < 4.78 is 0.761. The Hall–Kier alpha value is -1.49. The van der Waals surface area contributed by atoms with Crippen molar-refractivity contribution in [2.45, 2.75) is 13.8 Å². The van der Waals surface area contributed by atoms with Crippen molar-refractivity contribution in [3.05, 3.63) is 14.9 Å². The van der Waals surface area contributed by atoms with Crippen molar-refractivity contribution in [1.82, 2.24) is 10.3 Å². The third-order valence-electron chi connectivity index (χ3n) is 1.78. The SMILES string of the molecule is C=c1sc(C(=O)NC)n/c1=C(C)/N=C\C. The molecule has 0 aliphatic rings. The number of aromatic nitrogens is 1. The zero-order valence-electron chi connectivity index (χ0n) is 9.00. The zero-order valence-corrected chi connectivity index (χ0v) is 9.81. The van der Waals surface area contributed by atoms with E-state index in [0.29, 0.717) is 10.4 Å². The molecular weight excluding hydrogens is 210 g/mol. The van der Waals surface area contributed by atoms with Gasteiger partial charge in [-0.25, -0.2) is 4.98 Å². The summed E-state index contributed by atoms with van der Waals surface area (Å²) in [6, 6.07) is 0. The van der Waals surface area contributed by atoms with Gasteiger partial charge in [0.1, 0.15) is 5.35 Å². The first kappa shape index (κ1) is 11.6. The predicted octanol–water partition coefficient (Wildman–Crippen LogP) is 0.132. The number of rotatable bonds is 2. The van der Waals surface area contributed by atoms with E-state index in [1.807, 2.05) is 13.8 Å². The predicted molar refractivity (Wildman–Crippen MR) is 63.5 cm³/mol. The fourth-order valence-electron chi connectivity index (χ4n) is 1.09. The molecule has 0 radical (unpaired) electrons. The average molecular weight is 223 g/mol. The van der Waals surface area contributed by atoms with Gasteiger partial charge in [0.25, 0.3) is 5.91 Å². The lowest BCUT2D eigenvalue weighted by Gasteiger charge is -1.90. The van der Waals surface area contributed by atoms with Crippen molar-refractivity contribution in [2.75, 3.05) is 7.05 Å². The van der Waals surface area contributed by atoms with E-state index in [1.54, 1.807) is 13.3 Å². The number of amides is 1. The van der Waals surface area contributed by atoms with Crippen molar-refractivity contribution < 1.29 is 4.79 Å². The molecule has 15 heavy (non-hydrogen) atoms. The molecule has 4 nitrogen and oxygen atoms in total. The second-order valence-electron chi connectivity index (χ2n) is 2.84. The van der Waals surface area contributed by atoms with Crippen LogP contribution >= 0.6 is 11.3 Å². The first-order valence-corrected chi connectivity index (χ1v) is 5.29. The maximum atomic E-state index is 11.3. The van der Waals surface area contributed by atoms with Gasteiger partial charge >= 0.3 is 0 Å². The molecule has 80 valence electrons. The molecule has 5 heteroatoms. The molecule has 1 amide bonds. The number of hydrogen-bond donors (Lipinski definition) is 1. The van der Waals surface area contributed by atoms with Gasteiger partial charge in [-0.3, -0.25) is 9.79 Å². The van der Waals surface area contributed by atoms with Crippen molar-refractivity contribution in [3.63, 3.8) is 0 Å². The van der Waals surface area contributed by atoms with Crippen LogP contribution in [0.25, 0.3) is 12.3 Å². The molecule has 1 N–H and O–H groups in total. The number of aliphatic imine (C=N–C) groups is 1. The van der Waals surface area contributed by atoms with Crippen LogP contribution in [-0.2, 0) is 0 Å². The molecule has 0 spiro atoms. The van der Waals surface area contributed by atoms with Crippen molar-refractivity contribution >= 4 is 35.7 Å². The Kier molecular flexibility index (Phi) is 3.74. The van der Waals surface area contributed by atoms with Crippen LogP contribution in [0.4, 0.5) is 0 Å². The van der Waals surface area contributed by atoms with Crippen LogP contribution in [-0.4, -0.2) is 24.2 Å². The number of nitrogens with zero attached hydrogens (tertiary/aromatic N) is 2. The van der Waals surface area contributed by atoms with Gasteiger partial charge in [-0.05, 0) is 13.8 Å². The summed E-state index contributed by atoms with van der Waals surface area (Å²) >= 11 is 1.27. The molecular formula is C10H13N3OS. The van der Waals surface area contributed by atoms with Gasteiger partial charge in [0.15, 0.2) is 5.01 Å². The van der Waals surface area contributed by atoms with E-state index in [0.717, 1.165) is 10.2 Å². The van der Waals surface area contributed by atoms with Crippen molar-refractivity contribution in [3.8, 4) is 0 Å². The summed E-state index contributed by atoms with van der Waals surface area (Å²) in [5.41, 5.74) is 0.772. The van der Waals surface area contributed by atoms with E-state index < -0.39 is 0 Å². The van der Waals surface area contributed by atoms with Gasteiger partial charge in [0.2, 0.25) is 0 Å². The molecule has 0 saturated carbocycles. The second-order valence-corrected chi connectivity index (χ2v) is 3.93. The van der Waals surface area contributed by atoms with Gasteiger partial charge in [-0.1, -0.05) is 6.58 Å². The fourth-order valence-corrected chi connectivity index (χ4v) is 1.95. The van der Waals surface area contributed by atoms with Crippen LogP contribution in [0, 0.1) is 0 Å². The third-order valence-corrected chi connectivity index (χ3v) is 2.69. The maximum absolute atomic E-state index is 11.3. The lowest BCUT2D eigenvalue weighted by atomic mass is 10.4. The molecule has 0 unspecified atom stereocenters. The molecule has 1 rings (SSSR count). The molecule has 1 heterocycles. The van der Waals surface area contributed by atoms with Crippen LogP contribution in [0.3, 0.4) is 0 Å². The van der Waals surface area contributed by atoms with Gasteiger partial charge in [-0.2, -0.15) is 0 Å². The molecule has 0 aromatic carbocycles. The Labute approximate surface area is 92.1 Å². The van der Waals surface area contributed by atoms with E-state index in [1.165, 1.54) is 11.3 Å². The van der Waals surface area contributed by atoms with E-state index in [-0.39, 0.29) is 5.91 Å². The Bertz CT molecular complexity index is 501. The number of nitrogens with one attached hydrogen (secondary N) is 1. The molecule has 1 aromatic rings. The highest BCUT2D eigenvalue weighted by Gasteiger charge is 2.08. The lowest BCUT2D eigenvalue weighted by Crippen LogP contribution is -2.23. The highest BCUT2D eigenvalue weighted by Crippen LogP contribution is 1.96. The molecule has 0 atom stereocenters. The highest BCUT2D eigenvalue weighted by molar-refractivity contribution is 7.11. The smallest absolute Gasteiger partial charge is 0.280 e. The van der Waals surface area contributed by atoms with E-state index in [4.69, 9.17) is 0 Å². The number of carbonyl (C=O) groups excluding carboxylic acids is 1. The Morgan fingerprint density at radius 2 is 2.33 bits per heavy atom. The summed E-state index contributed by atoms with van der Waals surface area (Å²) in [6.07, 6.45) is 1.69. The Balaban J connectivity index is 3.35. The number of carbonyl (C=O) groups is 1. The van der Waals surface area contributed by atoms with E-state index >= 15 is 0 Å². The molecule has 0 bridgehead atoms. The summed E-state index contributed by atoms with van der Waals surface area (Å²) in [7, 11) is 1.58. The minimum Gasteiger partial charge on any atom is -0.353 e. The van der Waals surface area contributed by atoms with E-state index in [2.05, 4.69) is 21.9 Å². The summed E-state index contributed by atoms with van der Waals surface area (Å²) in [5.74, 6) is -0.190. The van der Waals surface area contributed by atoms with Crippen molar-refractivity contribution in [2.24, 2.45) is 4.99 Å². The minimum absolute atomic E-state index is 0.190. The van der Waals surface area contributed by atoms with Gasteiger partial charge in [0.05, 0.1) is 5.70 Å². The quantitative estimate of drug-likeness (QED) is 0.725. The van der Waals surface area contributed by atoms with E-state index in [9.17, 15) is 4.79 Å². The van der Waals surface area contributed by atoms with Crippen molar-refractivity contribution in [1.29, 1.82) is 0 Å². The van der Waals surface area contributed by atoms with Crippen LogP contribution < -0.4 is 15.2 Å². The second kappa shape index (κ2) is 4.84. The minimum atomic E-state index is -0.190. The molecule has 0 saturated heterocycles. The van der Waals surface area contributed by atoms with Crippen LogP contribution in [0.1, 0.15) is 23.6 Å². The van der Waals surface area contributed by atoms with Gasteiger partial charge < -0.3 is 5.32 Å². The fraction of sp³-hybridized carbons (Fsp3) is 0.300. The largest absolute Gasteiger partial charge is 0.353 e. The lowest BCUT2D eigenvalue weighted by molar-refractivity contribution is 0.0962. The molecule has 0 aliphatic heterocycles. The van der Waals surface area contributed by atoms with Crippen LogP contribution in [0.2, 0.25) is 0 Å². The first-order chi connectivity index (χ1) is 7.10. The summed E-state index contributed by atoms with van der Waals surface area (Å²) in [4.78, 5) is 19.6. The van der Waals surface area contributed by atoms with Crippen LogP contribution in [0.5, 0.6) is 0 Å². The summed E-state index contributed by atoms with van der Waals surface area (Å²) in [6.45, 7) is 7.52. The summed E-state index contributed by atoms with van der Waals surface area (Å²) in [5, 5.41) is 3.64. The maximum Gasteiger partial charge on any atom is 0.280 e. The first-order valence-electron chi connectivity index (χ1n) is 4.47. The monoisotopic (exact) mass is 223 g/mol. The Morgan fingerprint density at radius 1 is 1.67 bits per heavy atom. The number of hydrogen-bond acceptors (Lipinski definition) is 4. The van der Waals surface area contributed by atoms with Gasteiger partial charge in [0, 0.05) is 17.8 Å². The molecule has 0 aliphatic carbocycles. The number of thiazole rings is 1. The topological polar surface area (TPSA) is 54.4 Å². The third kappa shape index (κ3) is 2.50. The Morgan fingerprint density at radius 3 is 2.87 bits per heavy atom. The standard InChI is InChI=1S/C10H13N3OS/c1-5-12-6(2)8-7(3)15-10(13-8)9(14)11-4/h5H,3H2,1-2,4H3,(H,11,14)/b8-6+,12-5-. The molecule has 1 aromatic heterocycles. The highest BCUT2D eigenvalue weighted by atomic mass is 32.1. The molecule has 0 fully saturated rings. The average Bonchev–Trinajstić information content (AvgIpc) is 2.59. The van der Waals surface area contributed by atoms with Crippen LogP contribution in [0.15, 0.2) is 4.99 Å². The van der Waals surface area contributed by atoms with Gasteiger partial charge in [-0.15, -0.1) is 11.3 Å².